The minimum absolute atomic E-state index is 0.196. The summed E-state index contributed by atoms with van der Waals surface area (Å²) < 4.78 is 0. The smallest absolute Gasteiger partial charge is 0.259 e. The molecular formula is C27H42N2O3. The van der Waals surface area contributed by atoms with E-state index in [4.69, 9.17) is 0 Å². The predicted octanol–water partition coefficient (Wildman–Crippen LogP) is 6.56. The van der Waals surface area contributed by atoms with E-state index in [1.165, 1.54) is 89.9 Å². The van der Waals surface area contributed by atoms with Crippen LogP contribution in [0.2, 0.25) is 0 Å². The summed E-state index contributed by atoms with van der Waals surface area (Å²) in [7, 11) is 0. The molecule has 1 aliphatic rings. The summed E-state index contributed by atoms with van der Waals surface area (Å²) in [6.45, 7) is 2.86. The molecule has 1 aromatic carbocycles. The van der Waals surface area contributed by atoms with E-state index < -0.39 is 11.8 Å². The van der Waals surface area contributed by atoms with Crippen molar-refractivity contribution < 1.29 is 14.4 Å². The number of hydrogen-bond acceptors (Lipinski definition) is 3. The van der Waals surface area contributed by atoms with E-state index in [0.717, 1.165) is 12.8 Å². The third-order valence-corrected chi connectivity index (χ3v) is 6.32. The molecule has 0 spiro atoms. The van der Waals surface area contributed by atoms with Crippen LogP contribution in [0, 0.1) is 0 Å². The van der Waals surface area contributed by atoms with E-state index in [1.807, 2.05) is 0 Å². The van der Waals surface area contributed by atoms with Gasteiger partial charge >= 0.3 is 0 Å². The summed E-state index contributed by atoms with van der Waals surface area (Å²) in [4.78, 5) is 36.1. The third kappa shape index (κ3) is 9.13. The van der Waals surface area contributed by atoms with Gasteiger partial charge in [-0.3, -0.25) is 19.7 Å². The number of imide groups is 1. The molecule has 0 bridgehead atoms. The summed E-state index contributed by atoms with van der Waals surface area (Å²) in [6, 6.07) is 4.81. The highest BCUT2D eigenvalue weighted by molar-refractivity contribution is 6.25. The normalized spacial score (nSPS) is 12.7. The van der Waals surface area contributed by atoms with Gasteiger partial charge in [-0.15, -0.1) is 0 Å². The van der Waals surface area contributed by atoms with E-state index in [9.17, 15) is 14.4 Å². The number of carbonyl (C=O) groups excluding carboxylic acids is 3. The molecule has 3 amide bonds. The molecule has 0 saturated carbocycles. The van der Waals surface area contributed by atoms with E-state index >= 15 is 0 Å². The van der Waals surface area contributed by atoms with Gasteiger partial charge in [0.25, 0.3) is 17.7 Å². The Kier molecular flexibility index (Phi) is 12.7. The Morgan fingerprint density at radius 3 is 1.75 bits per heavy atom. The highest BCUT2D eigenvalue weighted by Gasteiger charge is 2.31. The second kappa shape index (κ2) is 15.6. The average Bonchev–Trinajstić information content (AvgIpc) is 3.09. The van der Waals surface area contributed by atoms with Crippen LogP contribution in [0.25, 0.3) is 0 Å². The van der Waals surface area contributed by atoms with Crippen molar-refractivity contribution in [2.75, 3.05) is 6.54 Å². The van der Waals surface area contributed by atoms with Crippen molar-refractivity contribution in [3.05, 3.63) is 34.9 Å². The van der Waals surface area contributed by atoms with Crippen LogP contribution in [-0.2, 0) is 0 Å². The fourth-order valence-corrected chi connectivity index (χ4v) is 4.38. The van der Waals surface area contributed by atoms with Gasteiger partial charge in [-0.1, -0.05) is 109 Å². The van der Waals surface area contributed by atoms with Crippen molar-refractivity contribution in [2.45, 2.75) is 110 Å². The molecule has 5 nitrogen and oxygen atoms in total. The standard InChI is InChI=1S/C27H42N2O3/c1-2-3-4-5-6-7-8-9-10-11-12-13-14-15-16-17-21-28-25(30)22-19-18-20-23-24(22)27(32)29-26(23)31/h18-20H,2-17,21H2,1H3,(H,28,30)(H,29,31,32). The molecule has 2 rings (SSSR count). The van der Waals surface area contributed by atoms with Crippen molar-refractivity contribution in [3.8, 4) is 0 Å². The van der Waals surface area contributed by atoms with Crippen molar-refractivity contribution >= 4 is 17.7 Å². The van der Waals surface area contributed by atoms with Gasteiger partial charge in [0.2, 0.25) is 0 Å². The van der Waals surface area contributed by atoms with Crippen molar-refractivity contribution in [1.29, 1.82) is 0 Å². The van der Waals surface area contributed by atoms with E-state index in [-0.39, 0.29) is 22.6 Å². The molecule has 2 N–H and O–H groups in total. The van der Waals surface area contributed by atoms with Crippen LogP contribution in [0.4, 0.5) is 0 Å². The topological polar surface area (TPSA) is 75.3 Å². The summed E-state index contributed by atoms with van der Waals surface area (Å²) in [5.41, 5.74) is 0.759. The third-order valence-electron chi connectivity index (χ3n) is 6.32. The fraction of sp³-hybridized carbons (Fsp3) is 0.667. The lowest BCUT2D eigenvalue weighted by Gasteiger charge is -2.08. The predicted molar refractivity (Wildman–Crippen MR) is 130 cm³/mol. The van der Waals surface area contributed by atoms with Crippen molar-refractivity contribution in [3.63, 3.8) is 0 Å². The first-order valence-corrected chi connectivity index (χ1v) is 12.9. The Labute approximate surface area is 194 Å². The van der Waals surface area contributed by atoms with Gasteiger partial charge in [-0.2, -0.15) is 0 Å². The molecular weight excluding hydrogens is 400 g/mol. The van der Waals surface area contributed by atoms with E-state index in [1.54, 1.807) is 18.2 Å². The molecule has 0 aromatic heterocycles. The zero-order valence-corrected chi connectivity index (χ0v) is 20.0. The van der Waals surface area contributed by atoms with Crippen LogP contribution in [-0.4, -0.2) is 24.3 Å². The lowest BCUT2D eigenvalue weighted by molar-refractivity contribution is 0.0871. The molecule has 0 aliphatic carbocycles. The van der Waals surface area contributed by atoms with Crippen LogP contribution < -0.4 is 10.6 Å². The van der Waals surface area contributed by atoms with Gasteiger partial charge in [0, 0.05) is 6.54 Å². The van der Waals surface area contributed by atoms with Gasteiger partial charge in [0.05, 0.1) is 16.7 Å². The Morgan fingerprint density at radius 1 is 0.719 bits per heavy atom. The number of benzene rings is 1. The molecule has 1 heterocycles. The Hall–Kier alpha value is -2.17. The largest absolute Gasteiger partial charge is 0.352 e. The van der Waals surface area contributed by atoms with Gasteiger partial charge in [0.15, 0.2) is 0 Å². The number of carbonyl (C=O) groups is 3. The monoisotopic (exact) mass is 442 g/mol. The zero-order chi connectivity index (χ0) is 23.0. The first kappa shape index (κ1) is 26.1. The highest BCUT2D eigenvalue weighted by Crippen LogP contribution is 2.20. The SMILES string of the molecule is CCCCCCCCCCCCCCCCCCNC(=O)c1cccc2c1C(=O)NC2=O. The maximum Gasteiger partial charge on any atom is 0.259 e. The zero-order valence-electron chi connectivity index (χ0n) is 20.0. The summed E-state index contributed by atoms with van der Waals surface area (Å²) >= 11 is 0. The Bertz CT molecular complexity index is 730. The highest BCUT2D eigenvalue weighted by atomic mass is 16.2. The number of hydrogen-bond donors (Lipinski definition) is 2. The number of nitrogens with one attached hydrogen (secondary N) is 2. The molecule has 0 atom stereocenters. The number of unbranched alkanes of at least 4 members (excludes halogenated alkanes) is 15. The quantitative estimate of drug-likeness (QED) is 0.200. The number of amides is 3. The molecule has 1 aromatic rings. The lowest BCUT2D eigenvalue weighted by atomic mass is 10.0. The van der Waals surface area contributed by atoms with Crippen LogP contribution in [0.1, 0.15) is 141 Å². The molecule has 0 fully saturated rings. The molecule has 178 valence electrons. The maximum absolute atomic E-state index is 12.4. The first-order chi connectivity index (χ1) is 15.6. The van der Waals surface area contributed by atoms with Crippen LogP contribution >= 0.6 is 0 Å². The van der Waals surface area contributed by atoms with Crippen LogP contribution in [0.3, 0.4) is 0 Å². The second-order valence-corrected chi connectivity index (χ2v) is 9.07. The molecule has 0 saturated heterocycles. The summed E-state index contributed by atoms with van der Waals surface area (Å²) in [5.74, 6) is -1.21. The minimum atomic E-state index is -0.488. The van der Waals surface area contributed by atoms with Crippen molar-refractivity contribution in [1.82, 2.24) is 10.6 Å². The Morgan fingerprint density at radius 2 is 1.22 bits per heavy atom. The molecule has 32 heavy (non-hydrogen) atoms. The molecule has 5 heteroatoms. The second-order valence-electron chi connectivity index (χ2n) is 9.07. The molecule has 0 radical (unpaired) electrons. The summed E-state index contributed by atoms with van der Waals surface area (Å²) in [6.07, 6.45) is 21.1. The minimum Gasteiger partial charge on any atom is -0.352 e. The average molecular weight is 443 g/mol. The fourth-order valence-electron chi connectivity index (χ4n) is 4.38. The molecule has 0 unspecified atom stereocenters. The first-order valence-electron chi connectivity index (χ1n) is 12.9. The van der Waals surface area contributed by atoms with Crippen LogP contribution in [0.5, 0.6) is 0 Å². The Balaban J connectivity index is 1.42. The lowest BCUT2D eigenvalue weighted by Crippen LogP contribution is -2.27. The summed E-state index contributed by atoms with van der Waals surface area (Å²) in [5, 5.41) is 5.13. The van der Waals surface area contributed by atoms with Gasteiger partial charge in [0.1, 0.15) is 0 Å². The van der Waals surface area contributed by atoms with Gasteiger partial charge < -0.3 is 5.32 Å². The van der Waals surface area contributed by atoms with E-state index in [0.29, 0.717) is 6.54 Å². The maximum atomic E-state index is 12.4. The van der Waals surface area contributed by atoms with Crippen LogP contribution in [0.15, 0.2) is 18.2 Å². The van der Waals surface area contributed by atoms with E-state index in [2.05, 4.69) is 17.6 Å². The van der Waals surface area contributed by atoms with Gasteiger partial charge in [-0.25, -0.2) is 0 Å². The number of rotatable bonds is 18. The number of fused-ring (bicyclic) bond motifs is 1. The molecule has 1 aliphatic heterocycles. The van der Waals surface area contributed by atoms with Crippen molar-refractivity contribution in [2.24, 2.45) is 0 Å². The van der Waals surface area contributed by atoms with Gasteiger partial charge in [-0.05, 0) is 18.6 Å².